The van der Waals surface area contributed by atoms with Crippen molar-refractivity contribution in [3.05, 3.63) is 35.9 Å². The van der Waals surface area contributed by atoms with Crippen LogP contribution < -0.4 is 0 Å². The Kier molecular flexibility index (Phi) is 6.07. The molecule has 0 unspecified atom stereocenters. The molecule has 6 nitrogen and oxygen atoms in total. The number of ketones is 1. The summed E-state index contributed by atoms with van der Waals surface area (Å²) in [6, 6.07) is 8.62. The summed E-state index contributed by atoms with van der Waals surface area (Å²) in [5, 5.41) is 46.3. The van der Waals surface area contributed by atoms with Crippen LogP contribution >= 0.6 is 0 Å². The van der Waals surface area contributed by atoms with E-state index in [0.717, 1.165) is 0 Å². The van der Waals surface area contributed by atoms with Crippen LogP contribution in [0, 0.1) is 0 Å². The minimum Gasteiger partial charge on any atom is -0.394 e. The highest BCUT2D eigenvalue weighted by molar-refractivity contribution is 5.85. The number of aliphatic hydroxyl groups is 5. The first-order valence-electron chi connectivity index (χ1n) is 5.87. The molecule has 0 saturated carbocycles. The number of hydrogen-bond donors (Lipinski definition) is 5. The van der Waals surface area contributed by atoms with Crippen molar-refractivity contribution in [2.24, 2.45) is 0 Å². The Bertz CT molecular complexity index is 393. The molecule has 0 aliphatic rings. The number of carbonyl (C=O) groups is 1. The van der Waals surface area contributed by atoms with E-state index in [2.05, 4.69) is 0 Å². The molecule has 0 aliphatic heterocycles. The van der Waals surface area contributed by atoms with Crippen LogP contribution in [-0.2, 0) is 11.2 Å². The second kappa shape index (κ2) is 7.32. The van der Waals surface area contributed by atoms with E-state index in [9.17, 15) is 20.1 Å². The summed E-state index contributed by atoms with van der Waals surface area (Å²) >= 11 is 0. The lowest BCUT2D eigenvalue weighted by molar-refractivity contribution is -0.146. The quantitative estimate of drug-likeness (QED) is 0.400. The summed E-state index contributed by atoms with van der Waals surface area (Å²) in [4.78, 5) is 11.7. The van der Waals surface area contributed by atoms with E-state index in [1.54, 1.807) is 30.3 Å². The van der Waals surface area contributed by atoms with E-state index < -0.39 is 36.8 Å². The molecule has 5 N–H and O–H groups in total. The molecule has 1 rings (SSSR count). The first kappa shape index (κ1) is 15.7. The van der Waals surface area contributed by atoms with Gasteiger partial charge in [0.1, 0.15) is 24.4 Å². The van der Waals surface area contributed by atoms with Gasteiger partial charge in [-0.05, 0) is 5.56 Å². The summed E-state index contributed by atoms with van der Waals surface area (Å²) in [5.41, 5.74) is 0.663. The maximum Gasteiger partial charge on any atom is 0.168 e. The van der Waals surface area contributed by atoms with Crippen LogP contribution in [0.1, 0.15) is 5.56 Å². The predicted octanol–water partition coefficient (Wildman–Crippen LogP) is -1.77. The zero-order valence-electron chi connectivity index (χ0n) is 10.3. The van der Waals surface area contributed by atoms with Crippen molar-refractivity contribution in [3.8, 4) is 0 Å². The Balaban J connectivity index is 2.61. The molecule has 0 aliphatic carbocycles. The Labute approximate surface area is 110 Å². The molecule has 0 heterocycles. The van der Waals surface area contributed by atoms with Gasteiger partial charge in [-0.3, -0.25) is 4.79 Å². The van der Waals surface area contributed by atoms with Crippen molar-refractivity contribution >= 4 is 5.78 Å². The molecule has 0 fully saturated rings. The van der Waals surface area contributed by atoms with E-state index in [4.69, 9.17) is 10.2 Å². The lowest BCUT2D eigenvalue weighted by Gasteiger charge is -2.24. The highest BCUT2D eigenvalue weighted by Crippen LogP contribution is 2.09. The number of benzene rings is 1. The smallest absolute Gasteiger partial charge is 0.168 e. The Morgan fingerprint density at radius 3 is 2.11 bits per heavy atom. The third-order valence-electron chi connectivity index (χ3n) is 2.81. The van der Waals surface area contributed by atoms with Crippen molar-refractivity contribution in [2.75, 3.05) is 6.61 Å². The van der Waals surface area contributed by atoms with Crippen LogP contribution in [0.25, 0.3) is 0 Å². The fourth-order valence-electron chi connectivity index (χ4n) is 1.61. The van der Waals surface area contributed by atoms with Crippen molar-refractivity contribution in [1.82, 2.24) is 0 Å². The SMILES string of the molecule is O=C(Cc1ccccc1)[C@@H](O)[C@@H](O)[C@H](O)[C@@H](O)CO. The standard InChI is InChI=1S/C13H18O6/c14-7-10(16)12(18)13(19)11(17)9(15)6-8-4-2-1-3-5-8/h1-5,10-14,16-19H,6-7H2/t10-,11+,12+,13+/m0/s1. The van der Waals surface area contributed by atoms with Gasteiger partial charge in [-0.1, -0.05) is 30.3 Å². The van der Waals surface area contributed by atoms with Gasteiger partial charge in [0.25, 0.3) is 0 Å². The van der Waals surface area contributed by atoms with Gasteiger partial charge in [-0.15, -0.1) is 0 Å². The van der Waals surface area contributed by atoms with Crippen LogP contribution in [-0.4, -0.2) is 62.3 Å². The van der Waals surface area contributed by atoms with Gasteiger partial charge in [-0.25, -0.2) is 0 Å². The molecule has 0 bridgehead atoms. The van der Waals surface area contributed by atoms with Crippen molar-refractivity contribution in [1.29, 1.82) is 0 Å². The maximum atomic E-state index is 11.7. The molecule has 1 aromatic carbocycles. The van der Waals surface area contributed by atoms with Gasteiger partial charge in [0.05, 0.1) is 6.61 Å². The summed E-state index contributed by atoms with van der Waals surface area (Å²) in [5.74, 6) is -0.678. The van der Waals surface area contributed by atoms with Gasteiger partial charge < -0.3 is 25.5 Å². The van der Waals surface area contributed by atoms with Crippen molar-refractivity contribution < 1.29 is 30.3 Å². The van der Waals surface area contributed by atoms with Crippen LogP contribution in [0.2, 0.25) is 0 Å². The fraction of sp³-hybridized carbons (Fsp3) is 0.462. The molecule has 6 heteroatoms. The Morgan fingerprint density at radius 1 is 1.00 bits per heavy atom. The number of Topliss-reactive ketones (excluding diaryl/α,β-unsaturated/α-hetero) is 1. The topological polar surface area (TPSA) is 118 Å². The van der Waals surface area contributed by atoms with E-state index in [-0.39, 0.29) is 6.42 Å². The molecule has 0 aromatic heterocycles. The summed E-state index contributed by atoms with van der Waals surface area (Å²) in [6.07, 6.45) is -7.18. The normalized spacial score (nSPS) is 17.5. The van der Waals surface area contributed by atoms with Crippen molar-refractivity contribution in [3.63, 3.8) is 0 Å². The Morgan fingerprint density at radius 2 is 1.58 bits per heavy atom. The molecule has 0 amide bonds. The van der Waals surface area contributed by atoms with Crippen LogP contribution in [0.4, 0.5) is 0 Å². The van der Waals surface area contributed by atoms with Gasteiger partial charge in [0, 0.05) is 6.42 Å². The number of rotatable bonds is 7. The number of hydrogen-bond acceptors (Lipinski definition) is 6. The molecule has 4 atom stereocenters. The first-order chi connectivity index (χ1) is 8.97. The maximum absolute atomic E-state index is 11.7. The van der Waals surface area contributed by atoms with Crippen LogP contribution in [0.15, 0.2) is 30.3 Å². The molecular formula is C13H18O6. The average molecular weight is 270 g/mol. The molecular weight excluding hydrogens is 252 g/mol. The highest BCUT2D eigenvalue weighted by Gasteiger charge is 2.33. The largest absolute Gasteiger partial charge is 0.394 e. The second-order valence-electron chi connectivity index (χ2n) is 4.30. The van der Waals surface area contributed by atoms with Crippen molar-refractivity contribution in [2.45, 2.75) is 30.8 Å². The molecule has 0 saturated heterocycles. The van der Waals surface area contributed by atoms with E-state index >= 15 is 0 Å². The summed E-state index contributed by atoms with van der Waals surface area (Å²) in [7, 11) is 0. The molecule has 19 heavy (non-hydrogen) atoms. The van der Waals surface area contributed by atoms with Gasteiger partial charge in [-0.2, -0.15) is 0 Å². The van der Waals surface area contributed by atoms with Gasteiger partial charge in [0.2, 0.25) is 0 Å². The zero-order chi connectivity index (χ0) is 14.4. The fourth-order valence-corrected chi connectivity index (χ4v) is 1.61. The monoisotopic (exact) mass is 270 g/mol. The first-order valence-corrected chi connectivity index (χ1v) is 5.87. The summed E-state index contributed by atoms with van der Waals surface area (Å²) in [6.45, 7) is -0.780. The van der Waals surface area contributed by atoms with E-state index in [1.165, 1.54) is 0 Å². The van der Waals surface area contributed by atoms with E-state index in [1.807, 2.05) is 0 Å². The molecule has 1 aromatic rings. The van der Waals surface area contributed by atoms with Crippen LogP contribution in [0.3, 0.4) is 0 Å². The lowest BCUT2D eigenvalue weighted by atomic mass is 9.97. The van der Waals surface area contributed by atoms with E-state index in [0.29, 0.717) is 5.56 Å². The third-order valence-corrected chi connectivity index (χ3v) is 2.81. The third kappa shape index (κ3) is 4.38. The van der Waals surface area contributed by atoms with Crippen LogP contribution in [0.5, 0.6) is 0 Å². The highest BCUT2D eigenvalue weighted by atomic mass is 16.4. The zero-order valence-corrected chi connectivity index (χ0v) is 10.3. The molecule has 106 valence electrons. The summed E-state index contributed by atoms with van der Waals surface area (Å²) < 4.78 is 0. The molecule has 0 spiro atoms. The molecule has 0 radical (unpaired) electrons. The predicted molar refractivity (Wildman–Crippen MR) is 66.3 cm³/mol. The number of aliphatic hydroxyl groups excluding tert-OH is 5. The van der Waals surface area contributed by atoms with Gasteiger partial charge in [0.15, 0.2) is 5.78 Å². The van der Waals surface area contributed by atoms with Gasteiger partial charge >= 0.3 is 0 Å². The average Bonchev–Trinajstić information content (AvgIpc) is 2.44. The minimum atomic E-state index is -1.85. The Hall–Kier alpha value is -1.31. The lowest BCUT2D eigenvalue weighted by Crippen LogP contribution is -2.49. The minimum absolute atomic E-state index is 0.0962. The number of carbonyl (C=O) groups excluding carboxylic acids is 1. The second-order valence-corrected chi connectivity index (χ2v) is 4.30.